The van der Waals surface area contributed by atoms with Crippen molar-refractivity contribution in [3.63, 3.8) is 0 Å². The van der Waals surface area contributed by atoms with Crippen molar-refractivity contribution in [3.8, 4) is 10.6 Å². The van der Waals surface area contributed by atoms with E-state index in [0.717, 1.165) is 53.7 Å². The summed E-state index contributed by atoms with van der Waals surface area (Å²) in [6, 6.07) is 7.73. The van der Waals surface area contributed by atoms with Crippen molar-refractivity contribution in [1.29, 1.82) is 0 Å². The molecule has 7 heteroatoms. The first-order valence-corrected chi connectivity index (χ1v) is 9.27. The van der Waals surface area contributed by atoms with Gasteiger partial charge in [0.05, 0.1) is 0 Å². The number of nitrogens with one attached hydrogen (secondary N) is 1. The lowest BCUT2D eigenvalue weighted by Crippen LogP contribution is -2.38. The third-order valence-corrected chi connectivity index (χ3v) is 5.37. The lowest BCUT2D eigenvalue weighted by Gasteiger charge is -2.31. The van der Waals surface area contributed by atoms with Crippen LogP contribution in [-0.2, 0) is 0 Å². The number of rotatable bonds is 3. The number of H-pyrrole nitrogens is 1. The van der Waals surface area contributed by atoms with Crippen LogP contribution in [0.25, 0.3) is 10.6 Å². The molecule has 1 aromatic carbocycles. The maximum absolute atomic E-state index is 12.8. The molecule has 25 heavy (non-hydrogen) atoms. The zero-order valence-corrected chi connectivity index (χ0v) is 14.8. The summed E-state index contributed by atoms with van der Waals surface area (Å²) in [6.45, 7) is 3.38. The molecule has 3 aromatic rings. The monoisotopic (exact) mass is 353 g/mol. The SMILES string of the molecule is Cc1nc(C2CCN(C(=O)c3cccc(-c4nccs4)c3)CC2)n[nH]1. The van der Waals surface area contributed by atoms with Gasteiger partial charge in [-0.15, -0.1) is 11.3 Å². The van der Waals surface area contributed by atoms with Crippen molar-refractivity contribution in [2.75, 3.05) is 13.1 Å². The molecule has 0 bridgehead atoms. The predicted molar refractivity (Wildman–Crippen MR) is 96.5 cm³/mol. The zero-order valence-electron chi connectivity index (χ0n) is 14.0. The third kappa shape index (κ3) is 3.32. The van der Waals surface area contributed by atoms with E-state index in [1.54, 1.807) is 17.5 Å². The summed E-state index contributed by atoms with van der Waals surface area (Å²) in [5.74, 6) is 2.13. The fourth-order valence-corrected chi connectivity index (χ4v) is 3.85. The van der Waals surface area contributed by atoms with Gasteiger partial charge < -0.3 is 4.90 Å². The number of aryl methyl sites for hydroxylation is 1. The topological polar surface area (TPSA) is 74.8 Å². The number of carbonyl (C=O) groups excluding carboxylic acids is 1. The number of hydrogen-bond donors (Lipinski definition) is 1. The minimum absolute atomic E-state index is 0.0861. The van der Waals surface area contributed by atoms with E-state index in [2.05, 4.69) is 20.2 Å². The molecule has 0 atom stereocenters. The number of aromatic amines is 1. The largest absolute Gasteiger partial charge is 0.339 e. The van der Waals surface area contributed by atoms with Crippen LogP contribution in [0.15, 0.2) is 35.8 Å². The fraction of sp³-hybridized carbons (Fsp3) is 0.333. The summed E-state index contributed by atoms with van der Waals surface area (Å²) >= 11 is 1.58. The van der Waals surface area contributed by atoms with Crippen LogP contribution < -0.4 is 0 Å². The number of likely N-dealkylation sites (tertiary alicyclic amines) is 1. The molecule has 6 nitrogen and oxygen atoms in total. The number of piperidine rings is 1. The number of aromatic nitrogens is 4. The summed E-state index contributed by atoms with van der Waals surface area (Å²) in [4.78, 5) is 23.5. The fourth-order valence-electron chi connectivity index (χ4n) is 3.22. The molecule has 0 aliphatic carbocycles. The molecular formula is C18H19N5OS. The number of hydrogen-bond acceptors (Lipinski definition) is 5. The van der Waals surface area contributed by atoms with Crippen molar-refractivity contribution in [1.82, 2.24) is 25.1 Å². The summed E-state index contributed by atoms with van der Waals surface area (Å²) in [5, 5.41) is 10.0. The number of amides is 1. The molecule has 1 aliphatic rings. The first-order chi connectivity index (χ1) is 12.2. The Bertz CT molecular complexity index is 865. The average Bonchev–Trinajstić information content (AvgIpc) is 3.33. The van der Waals surface area contributed by atoms with Gasteiger partial charge in [-0.05, 0) is 31.9 Å². The number of nitrogens with zero attached hydrogens (tertiary/aromatic N) is 4. The van der Waals surface area contributed by atoms with Crippen LogP contribution in [0.3, 0.4) is 0 Å². The second kappa shape index (κ2) is 6.76. The van der Waals surface area contributed by atoms with E-state index < -0.39 is 0 Å². The minimum Gasteiger partial charge on any atom is -0.339 e. The first kappa shape index (κ1) is 16.0. The lowest BCUT2D eigenvalue weighted by atomic mass is 9.95. The molecule has 1 amide bonds. The molecule has 3 heterocycles. The summed E-state index contributed by atoms with van der Waals surface area (Å²) in [5.41, 5.74) is 1.71. The molecule has 128 valence electrons. The molecule has 0 radical (unpaired) electrons. The molecule has 1 fully saturated rings. The smallest absolute Gasteiger partial charge is 0.253 e. The van der Waals surface area contributed by atoms with Gasteiger partial charge in [0.1, 0.15) is 10.8 Å². The molecule has 1 aliphatic heterocycles. The molecular weight excluding hydrogens is 334 g/mol. The molecule has 0 spiro atoms. The Morgan fingerprint density at radius 1 is 1.32 bits per heavy atom. The summed E-state index contributed by atoms with van der Waals surface area (Å²) in [7, 11) is 0. The second-order valence-corrected chi connectivity index (χ2v) is 7.16. The van der Waals surface area contributed by atoms with Crippen LogP contribution in [0, 0.1) is 6.92 Å². The van der Waals surface area contributed by atoms with Crippen LogP contribution in [0.2, 0.25) is 0 Å². The van der Waals surface area contributed by atoms with Gasteiger partial charge in [0.2, 0.25) is 0 Å². The Balaban J connectivity index is 1.45. The highest BCUT2D eigenvalue weighted by atomic mass is 32.1. The van der Waals surface area contributed by atoms with Crippen molar-refractivity contribution in [3.05, 3.63) is 53.1 Å². The Morgan fingerprint density at radius 2 is 2.16 bits per heavy atom. The zero-order chi connectivity index (χ0) is 17.2. The summed E-state index contributed by atoms with van der Waals surface area (Å²) in [6.07, 6.45) is 3.58. The van der Waals surface area contributed by atoms with E-state index in [1.807, 2.05) is 41.5 Å². The van der Waals surface area contributed by atoms with Gasteiger partial charge in [-0.2, -0.15) is 5.10 Å². The van der Waals surface area contributed by atoms with Crippen molar-refractivity contribution in [2.45, 2.75) is 25.7 Å². The lowest BCUT2D eigenvalue weighted by molar-refractivity contribution is 0.0711. The van der Waals surface area contributed by atoms with Crippen LogP contribution in [0.4, 0.5) is 0 Å². The van der Waals surface area contributed by atoms with Gasteiger partial charge in [-0.1, -0.05) is 12.1 Å². The van der Waals surface area contributed by atoms with Gasteiger partial charge in [0.15, 0.2) is 5.82 Å². The normalized spacial score (nSPS) is 15.5. The molecule has 2 aromatic heterocycles. The quantitative estimate of drug-likeness (QED) is 0.784. The van der Waals surface area contributed by atoms with Crippen molar-refractivity contribution >= 4 is 17.2 Å². The Kier molecular flexibility index (Phi) is 4.31. The predicted octanol–water partition coefficient (Wildman–Crippen LogP) is 3.26. The van der Waals surface area contributed by atoms with E-state index in [-0.39, 0.29) is 5.91 Å². The van der Waals surface area contributed by atoms with E-state index in [9.17, 15) is 4.79 Å². The Labute approximate surface area is 149 Å². The highest BCUT2D eigenvalue weighted by molar-refractivity contribution is 7.13. The van der Waals surface area contributed by atoms with Gasteiger partial charge >= 0.3 is 0 Å². The van der Waals surface area contributed by atoms with E-state index in [1.165, 1.54) is 0 Å². The summed E-state index contributed by atoms with van der Waals surface area (Å²) < 4.78 is 0. The number of carbonyl (C=O) groups is 1. The molecule has 1 N–H and O–H groups in total. The maximum Gasteiger partial charge on any atom is 0.253 e. The van der Waals surface area contributed by atoms with Crippen LogP contribution in [0.5, 0.6) is 0 Å². The number of thiazole rings is 1. The Hall–Kier alpha value is -2.54. The third-order valence-electron chi connectivity index (χ3n) is 4.55. The number of benzene rings is 1. The van der Waals surface area contributed by atoms with Crippen molar-refractivity contribution < 1.29 is 4.79 Å². The van der Waals surface area contributed by atoms with Crippen LogP contribution in [0.1, 0.15) is 40.8 Å². The minimum atomic E-state index is 0.0861. The van der Waals surface area contributed by atoms with Crippen LogP contribution in [-0.4, -0.2) is 44.1 Å². The van der Waals surface area contributed by atoms with Gasteiger partial charge in [-0.25, -0.2) is 9.97 Å². The Morgan fingerprint density at radius 3 is 2.84 bits per heavy atom. The highest BCUT2D eigenvalue weighted by Gasteiger charge is 2.26. The maximum atomic E-state index is 12.8. The standard InChI is InChI=1S/C18H19N5OS/c1-12-20-16(22-21-12)13-5-8-23(9-6-13)18(24)15-4-2-3-14(11-15)17-19-7-10-25-17/h2-4,7,10-11,13H,5-6,8-9H2,1H3,(H,20,21,22). The molecule has 0 saturated carbocycles. The van der Waals surface area contributed by atoms with Crippen molar-refractivity contribution in [2.24, 2.45) is 0 Å². The van der Waals surface area contributed by atoms with Gasteiger partial charge in [0.25, 0.3) is 5.91 Å². The molecule has 0 unspecified atom stereocenters. The van der Waals surface area contributed by atoms with Gasteiger partial charge in [0, 0.05) is 41.7 Å². The highest BCUT2D eigenvalue weighted by Crippen LogP contribution is 2.27. The van der Waals surface area contributed by atoms with Crippen LogP contribution >= 0.6 is 11.3 Å². The second-order valence-electron chi connectivity index (χ2n) is 6.26. The van der Waals surface area contributed by atoms with E-state index in [0.29, 0.717) is 5.92 Å². The van der Waals surface area contributed by atoms with E-state index in [4.69, 9.17) is 0 Å². The first-order valence-electron chi connectivity index (χ1n) is 8.39. The average molecular weight is 353 g/mol. The molecule has 1 saturated heterocycles. The van der Waals surface area contributed by atoms with E-state index >= 15 is 0 Å². The molecule has 4 rings (SSSR count). The van der Waals surface area contributed by atoms with Gasteiger partial charge in [-0.3, -0.25) is 9.89 Å².